The van der Waals surface area contributed by atoms with E-state index >= 15 is 0 Å². The van der Waals surface area contributed by atoms with Gasteiger partial charge in [0.05, 0.1) is 24.7 Å². The van der Waals surface area contributed by atoms with Crippen molar-refractivity contribution in [3.05, 3.63) is 70.8 Å². The molecule has 0 aliphatic heterocycles. The van der Waals surface area contributed by atoms with Gasteiger partial charge in [-0.1, -0.05) is 6.07 Å². The van der Waals surface area contributed by atoms with Gasteiger partial charge in [-0.25, -0.2) is 14.5 Å². The Morgan fingerprint density at radius 1 is 1.33 bits per heavy atom. The molecule has 30 heavy (non-hydrogen) atoms. The molecular weight excluding hydrogens is 388 g/mol. The fraction of sp³-hybridized carbons (Fsp3) is 0.300. The van der Waals surface area contributed by atoms with Crippen molar-refractivity contribution in [3.63, 3.8) is 0 Å². The van der Waals surface area contributed by atoms with Gasteiger partial charge in [0.1, 0.15) is 0 Å². The maximum absolute atomic E-state index is 13.1. The summed E-state index contributed by atoms with van der Waals surface area (Å²) in [5, 5.41) is 18.9. The fourth-order valence-corrected chi connectivity index (χ4v) is 4.07. The van der Waals surface area contributed by atoms with E-state index in [0.29, 0.717) is 28.1 Å². The molecule has 2 aliphatic rings. The summed E-state index contributed by atoms with van der Waals surface area (Å²) in [6.45, 7) is 0. The van der Waals surface area contributed by atoms with Crippen molar-refractivity contribution in [3.8, 4) is 5.82 Å². The lowest BCUT2D eigenvalue weighted by Crippen LogP contribution is -2.35. The average Bonchev–Trinajstić information content (AvgIpc) is 3.26. The molecule has 1 amide bonds. The van der Waals surface area contributed by atoms with Crippen LogP contribution in [0.15, 0.2) is 43.0 Å². The van der Waals surface area contributed by atoms with Crippen molar-refractivity contribution in [1.82, 2.24) is 25.1 Å². The van der Waals surface area contributed by atoms with Crippen LogP contribution in [0.25, 0.3) is 5.82 Å². The highest BCUT2D eigenvalue weighted by molar-refractivity contribution is 5.97. The number of amides is 1. The highest BCUT2D eigenvalue weighted by Gasteiger charge is 2.50. The van der Waals surface area contributed by atoms with Crippen LogP contribution in [0.3, 0.4) is 0 Å². The number of nitrogens with one attached hydrogen (secondary N) is 1. The lowest BCUT2D eigenvalue weighted by molar-refractivity contribution is -0.605. The first-order chi connectivity index (χ1) is 14.6. The number of pyridine rings is 1. The van der Waals surface area contributed by atoms with Gasteiger partial charge in [0.25, 0.3) is 5.91 Å². The Morgan fingerprint density at radius 2 is 2.20 bits per heavy atom. The molecule has 1 N–H and O–H groups in total. The van der Waals surface area contributed by atoms with Gasteiger partial charge >= 0.3 is 5.97 Å². The van der Waals surface area contributed by atoms with E-state index in [0.717, 1.165) is 24.1 Å². The molecule has 152 valence electrons. The van der Waals surface area contributed by atoms with Crippen LogP contribution in [0.4, 0.5) is 0 Å². The molecule has 0 saturated heterocycles. The second kappa shape index (κ2) is 6.90. The Balaban J connectivity index is 1.51. The second-order valence-electron chi connectivity index (χ2n) is 7.39. The van der Waals surface area contributed by atoms with Gasteiger partial charge < -0.3 is 15.3 Å². The van der Waals surface area contributed by atoms with E-state index < -0.39 is 17.9 Å². The maximum atomic E-state index is 13.1. The minimum absolute atomic E-state index is 0.227. The smallest absolute Gasteiger partial charge is 0.334 e. The fourth-order valence-electron chi connectivity index (χ4n) is 4.07. The number of hydrogen-bond acceptors (Lipinski definition) is 7. The first-order valence-electron chi connectivity index (χ1n) is 9.53. The Hall–Kier alpha value is -3.82. The van der Waals surface area contributed by atoms with Gasteiger partial charge in [0.2, 0.25) is 12.0 Å². The lowest BCUT2D eigenvalue weighted by atomic mass is 10.1. The van der Waals surface area contributed by atoms with Gasteiger partial charge in [0.15, 0.2) is 17.9 Å². The third kappa shape index (κ3) is 2.97. The number of methoxy groups -OCH3 is 1. The molecule has 0 bridgehead atoms. The zero-order valence-corrected chi connectivity index (χ0v) is 16.1. The highest BCUT2D eigenvalue weighted by Crippen LogP contribution is 2.57. The van der Waals surface area contributed by atoms with Gasteiger partial charge in [-0.2, -0.15) is 9.83 Å². The topological polar surface area (TPSA) is 126 Å². The standard InChI is InChI=1S/C20H18N6O4/c1-30-20(28)17(14-4-2-3-5-21-14)23-19(27)16-13-9-11-8-12(11)18(13)26(24-16)15-10-25(29)7-6-22-15/h2-7,10-12,17H,8-9H2,1H3,(H,23,27)/t11-,12-,17?/m1/s1. The summed E-state index contributed by atoms with van der Waals surface area (Å²) in [7, 11) is 1.25. The third-order valence-corrected chi connectivity index (χ3v) is 5.55. The minimum atomic E-state index is -1.06. The molecule has 1 fully saturated rings. The van der Waals surface area contributed by atoms with Gasteiger partial charge in [0, 0.05) is 17.7 Å². The normalized spacial score (nSPS) is 19.5. The van der Waals surface area contributed by atoms with Crippen LogP contribution in [0.1, 0.15) is 45.8 Å². The van der Waals surface area contributed by atoms with Crippen LogP contribution in [0, 0.1) is 11.1 Å². The number of carbonyl (C=O) groups excluding carboxylic acids is 2. The Kier molecular flexibility index (Phi) is 4.19. The van der Waals surface area contributed by atoms with Crippen LogP contribution in [-0.2, 0) is 16.0 Å². The zero-order valence-electron chi connectivity index (χ0n) is 16.1. The zero-order chi connectivity index (χ0) is 20.8. The van der Waals surface area contributed by atoms with Crippen molar-refractivity contribution in [2.45, 2.75) is 24.8 Å². The van der Waals surface area contributed by atoms with Crippen molar-refractivity contribution < 1.29 is 19.1 Å². The van der Waals surface area contributed by atoms with E-state index in [1.807, 2.05) is 0 Å². The van der Waals surface area contributed by atoms with E-state index in [1.54, 1.807) is 22.9 Å². The molecule has 3 aromatic heterocycles. The molecule has 3 atom stereocenters. The van der Waals surface area contributed by atoms with Crippen LogP contribution in [-0.4, -0.2) is 38.7 Å². The Labute approximate surface area is 171 Å². The first kappa shape index (κ1) is 18.2. The Morgan fingerprint density at radius 3 is 2.93 bits per heavy atom. The number of esters is 1. The van der Waals surface area contributed by atoms with Crippen LogP contribution >= 0.6 is 0 Å². The first-order valence-corrected chi connectivity index (χ1v) is 9.53. The molecule has 10 heteroatoms. The number of ether oxygens (including phenoxy) is 1. The lowest BCUT2D eigenvalue weighted by Gasteiger charge is -2.15. The van der Waals surface area contributed by atoms with Crippen molar-refractivity contribution in [2.24, 2.45) is 5.92 Å². The van der Waals surface area contributed by atoms with Crippen molar-refractivity contribution in [1.29, 1.82) is 0 Å². The van der Waals surface area contributed by atoms with Gasteiger partial charge in [-0.05, 0) is 30.9 Å². The van der Waals surface area contributed by atoms with E-state index in [1.165, 1.54) is 31.9 Å². The summed E-state index contributed by atoms with van der Waals surface area (Å²) < 4.78 is 7.06. The van der Waals surface area contributed by atoms with E-state index in [-0.39, 0.29) is 5.69 Å². The SMILES string of the molecule is COC(=O)C(NC(=O)c1nn(-c2c[n+]([O-])ccn2)c2c1C[C@H]1C[C@@H]21)c1ccccn1. The molecular formula is C20H18N6O4. The summed E-state index contributed by atoms with van der Waals surface area (Å²) in [6, 6.07) is 4.03. The molecule has 0 spiro atoms. The second-order valence-corrected chi connectivity index (χ2v) is 7.39. The van der Waals surface area contributed by atoms with E-state index in [4.69, 9.17) is 4.74 Å². The molecule has 5 rings (SSSR count). The summed E-state index contributed by atoms with van der Waals surface area (Å²) in [6.07, 6.45) is 7.30. The number of hydrogen-bond donors (Lipinski definition) is 1. The Bertz CT molecular complexity index is 1150. The number of nitrogens with zero attached hydrogens (tertiary/aromatic N) is 5. The minimum Gasteiger partial charge on any atom is -0.619 e. The molecule has 2 aliphatic carbocycles. The predicted octanol–water partition coefficient (Wildman–Crippen LogP) is 0.599. The van der Waals surface area contributed by atoms with Crippen molar-refractivity contribution in [2.75, 3.05) is 7.11 Å². The summed E-state index contributed by atoms with van der Waals surface area (Å²) >= 11 is 0. The number of fused-ring (bicyclic) bond motifs is 3. The highest BCUT2D eigenvalue weighted by atomic mass is 16.5. The van der Waals surface area contributed by atoms with Crippen LogP contribution in [0.5, 0.6) is 0 Å². The quantitative estimate of drug-likeness (QED) is 0.373. The molecule has 3 aromatic rings. The largest absolute Gasteiger partial charge is 0.619 e. The maximum Gasteiger partial charge on any atom is 0.334 e. The predicted molar refractivity (Wildman–Crippen MR) is 101 cm³/mol. The van der Waals surface area contributed by atoms with Crippen LogP contribution in [0.2, 0.25) is 0 Å². The number of rotatable bonds is 5. The molecule has 10 nitrogen and oxygen atoms in total. The monoisotopic (exact) mass is 406 g/mol. The number of aromatic nitrogens is 5. The molecule has 1 saturated carbocycles. The summed E-state index contributed by atoms with van der Waals surface area (Å²) in [4.78, 5) is 33.8. The third-order valence-electron chi connectivity index (χ3n) is 5.55. The molecule has 1 unspecified atom stereocenters. The molecule has 3 heterocycles. The van der Waals surface area contributed by atoms with Gasteiger partial charge in [-0.3, -0.25) is 9.78 Å². The molecule has 0 aromatic carbocycles. The average molecular weight is 406 g/mol. The van der Waals surface area contributed by atoms with Crippen LogP contribution < -0.4 is 10.0 Å². The summed E-state index contributed by atoms with van der Waals surface area (Å²) in [5.41, 5.74) is 2.34. The van der Waals surface area contributed by atoms with Crippen molar-refractivity contribution >= 4 is 11.9 Å². The van der Waals surface area contributed by atoms with E-state index in [2.05, 4.69) is 20.4 Å². The molecule has 0 radical (unpaired) electrons. The van der Waals surface area contributed by atoms with E-state index in [9.17, 15) is 14.8 Å². The number of carbonyl (C=O) groups is 2. The summed E-state index contributed by atoms with van der Waals surface area (Å²) in [5.74, 6) is 0.00964. The van der Waals surface area contributed by atoms with Gasteiger partial charge in [-0.15, -0.1) is 0 Å².